The molecule has 0 saturated carbocycles. The van der Waals surface area contributed by atoms with E-state index in [1.54, 1.807) is 0 Å². The second kappa shape index (κ2) is 3.90. The van der Waals surface area contributed by atoms with Crippen LogP contribution in [0.4, 0.5) is 0 Å². The Labute approximate surface area is 91.9 Å². The summed E-state index contributed by atoms with van der Waals surface area (Å²) in [6, 6.07) is 3.68. The van der Waals surface area contributed by atoms with E-state index in [9.17, 15) is 5.11 Å². The molecule has 0 atom stereocenters. The van der Waals surface area contributed by atoms with Crippen molar-refractivity contribution in [3.63, 3.8) is 0 Å². The molecule has 0 bridgehead atoms. The van der Waals surface area contributed by atoms with Gasteiger partial charge in [0.15, 0.2) is 0 Å². The molecule has 11 heavy (non-hydrogen) atoms. The Morgan fingerprint density at radius 2 is 1.73 bits per heavy atom. The summed E-state index contributed by atoms with van der Waals surface area (Å²) in [6.07, 6.45) is 0. The Morgan fingerprint density at radius 3 is 2.18 bits per heavy atom. The zero-order chi connectivity index (χ0) is 8.43. The van der Waals surface area contributed by atoms with Gasteiger partial charge in [0.1, 0.15) is 5.75 Å². The van der Waals surface area contributed by atoms with Crippen LogP contribution < -0.4 is 0 Å². The van der Waals surface area contributed by atoms with Crippen molar-refractivity contribution < 1.29 is 10.2 Å². The Kier molecular flexibility index (Phi) is 3.38. The van der Waals surface area contributed by atoms with Gasteiger partial charge in [0.25, 0.3) is 0 Å². The zero-order valence-corrected chi connectivity index (χ0v) is 9.83. The summed E-state index contributed by atoms with van der Waals surface area (Å²) in [5, 5.41) is 18.3. The second-order valence-corrected chi connectivity index (χ2v) is 4.34. The fourth-order valence-electron chi connectivity index (χ4n) is 0.734. The van der Waals surface area contributed by atoms with Crippen molar-refractivity contribution in [3.05, 3.63) is 24.8 Å². The number of rotatable bonds is 1. The number of aliphatic hydroxyl groups excluding tert-OH is 1. The highest BCUT2D eigenvalue weighted by Crippen LogP contribution is 2.28. The Balaban J connectivity index is 3.29. The third-order valence-electron chi connectivity index (χ3n) is 1.33. The molecule has 0 heterocycles. The van der Waals surface area contributed by atoms with Crippen molar-refractivity contribution in [1.82, 2.24) is 0 Å². The molecule has 0 aromatic heterocycles. The van der Waals surface area contributed by atoms with Crippen LogP contribution in [-0.2, 0) is 6.61 Å². The van der Waals surface area contributed by atoms with E-state index in [4.69, 9.17) is 5.11 Å². The molecule has 4 heteroatoms. The summed E-state index contributed by atoms with van der Waals surface area (Å²) in [5.41, 5.74) is 0.609. The number of hydrogen-bond acceptors (Lipinski definition) is 2. The van der Waals surface area contributed by atoms with E-state index in [0.29, 0.717) is 5.56 Å². The maximum atomic E-state index is 9.41. The number of aromatic hydroxyl groups is 1. The molecule has 0 saturated heterocycles. The molecule has 2 N–H and O–H groups in total. The molecule has 0 radical (unpaired) electrons. The molecule has 1 aromatic carbocycles. The lowest BCUT2D eigenvalue weighted by molar-refractivity contribution is 0.274. The van der Waals surface area contributed by atoms with Gasteiger partial charge < -0.3 is 10.2 Å². The third-order valence-corrected chi connectivity index (χ3v) is 3.22. The quantitative estimate of drug-likeness (QED) is 0.738. The first-order chi connectivity index (χ1) is 5.16. The lowest BCUT2D eigenvalue weighted by Gasteiger charge is -2.04. The maximum absolute atomic E-state index is 9.41. The van der Waals surface area contributed by atoms with Gasteiger partial charge in [0, 0.05) is 9.13 Å². The van der Waals surface area contributed by atoms with Crippen LogP contribution in [0, 0.1) is 7.14 Å². The van der Waals surface area contributed by atoms with E-state index < -0.39 is 0 Å². The van der Waals surface area contributed by atoms with Crippen LogP contribution in [0.15, 0.2) is 12.1 Å². The topological polar surface area (TPSA) is 40.5 Å². The average molecular weight is 376 g/mol. The summed E-state index contributed by atoms with van der Waals surface area (Å²) >= 11 is 4.10. The van der Waals surface area contributed by atoms with E-state index in [-0.39, 0.29) is 12.4 Å². The van der Waals surface area contributed by atoms with Gasteiger partial charge in [-0.1, -0.05) is 0 Å². The lowest BCUT2D eigenvalue weighted by atomic mass is 10.2. The monoisotopic (exact) mass is 376 g/mol. The minimum atomic E-state index is -0.110. The fraction of sp³-hybridized carbons (Fsp3) is 0.143. The minimum Gasteiger partial charge on any atom is -0.506 e. The van der Waals surface area contributed by atoms with Crippen LogP contribution in [0.25, 0.3) is 0 Å². The number of halogens is 2. The highest BCUT2D eigenvalue weighted by molar-refractivity contribution is 14.1. The van der Waals surface area contributed by atoms with Crippen molar-refractivity contribution in [1.29, 1.82) is 0 Å². The zero-order valence-electron chi connectivity index (χ0n) is 5.51. The molecule has 2 nitrogen and oxygen atoms in total. The number of hydrogen-bond donors (Lipinski definition) is 2. The van der Waals surface area contributed by atoms with E-state index in [0.717, 1.165) is 7.14 Å². The van der Waals surface area contributed by atoms with Gasteiger partial charge in [-0.3, -0.25) is 0 Å². The summed E-state index contributed by atoms with van der Waals surface area (Å²) in [5.74, 6) is 0.194. The van der Waals surface area contributed by atoms with Gasteiger partial charge in [-0.05, 0) is 57.3 Å². The standard InChI is InChI=1S/C7H6I2O2/c8-5-1-2-6(9)7(11)4(5)3-10/h1-2,10-11H,3H2. The van der Waals surface area contributed by atoms with Gasteiger partial charge in [-0.25, -0.2) is 0 Å². The molecule has 0 amide bonds. The van der Waals surface area contributed by atoms with E-state index in [1.807, 2.05) is 34.7 Å². The summed E-state index contributed by atoms with van der Waals surface area (Å²) in [7, 11) is 0. The molecule has 0 unspecified atom stereocenters. The van der Waals surface area contributed by atoms with Crippen molar-refractivity contribution in [2.24, 2.45) is 0 Å². The average Bonchev–Trinajstić information content (AvgIpc) is 1.99. The normalized spacial score (nSPS) is 10.1. The van der Waals surface area contributed by atoms with Gasteiger partial charge in [-0.15, -0.1) is 0 Å². The minimum absolute atomic E-state index is 0.110. The molecule has 60 valence electrons. The van der Waals surface area contributed by atoms with Crippen LogP contribution in [-0.4, -0.2) is 10.2 Å². The van der Waals surface area contributed by atoms with Crippen molar-refractivity contribution in [2.45, 2.75) is 6.61 Å². The van der Waals surface area contributed by atoms with Crippen LogP contribution >= 0.6 is 45.2 Å². The van der Waals surface area contributed by atoms with Crippen molar-refractivity contribution in [2.75, 3.05) is 0 Å². The fourth-order valence-corrected chi connectivity index (χ4v) is 1.84. The lowest BCUT2D eigenvalue weighted by Crippen LogP contribution is -1.90. The molecule has 0 aliphatic rings. The van der Waals surface area contributed by atoms with Crippen LogP contribution in [0.5, 0.6) is 5.75 Å². The molecule has 0 spiro atoms. The van der Waals surface area contributed by atoms with Gasteiger partial charge in [0.2, 0.25) is 0 Å². The smallest absolute Gasteiger partial charge is 0.135 e. The Morgan fingerprint density at radius 1 is 1.18 bits per heavy atom. The predicted molar refractivity (Wildman–Crippen MR) is 59.5 cm³/mol. The van der Waals surface area contributed by atoms with E-state index >= 15 is 0 Å². The number of phenols is 1. The first kappa shape index (κ1) is 9.53. The highest BCUT2D eigenvalue weighted by atomic mass is 127. The van der Waals surface area contributed by atoms with Crippen LogP contribution in [0.3, 0.4) is 0 Å². The molecule has 0 fully saturated rings. The number of benzene rings is 1. The van der Waals surface area contributed by atoms with Crippen LogP contribution in [0.1, 0.15) is 5.56 Å². The first-order valence-electron chi connectivity index (χ1n) is 2.93. The summed E-state index contributed by atoms with van der Waals surface area (Å²) in [6.45, 7) is -0.110. The van der Waals surface area contributed by atoms with Gasteiger partial charge in [-0.2, -0.15) is 0 Å². The molecular formula is C7H6I2O2. The number of aliphatic hydroxyl groups is 1. The van der Waals surface area contributed by atoms with E-state index in [1.165, 1.54) is 0 Å². The molecule has 0 aliphatic heterocycles. The first-order valence-corrected chi connectivity index (χ1v) is 5.09. The molecule has 0 aliphatic carbocycles. The highest BCUT2D eigenvalue weighted by Gasteiger charge is 2.07. The second-order valence-electron chi connectivity index (χ2n) is 2.01. The molecule has 1 rings (SSSR count). The maximum Gasteiger partial charge on any atom is 0.135 e. The summed E-state index contributed by atoms with van der Waals surface area (Å²) in [4.78, 5) is 0. The Bertz CT molecular complexity index is 273. The van der Waals surface area contributed by atoms with Gasteiger partial charge in [0.05, 0.1) is 10.2 Å². The Hall–Kier alpha value is 0.440. The van der Waals surface area contributed by atoms with Crippen molar-refractivity contribution >= 4 is 45.2 Å². The van der Waals surface area contributed by atoms with Gasteiger partial charge >= 0.3 is 0 Å². The van der Waals surface area contributed by atoms with E-state index in [2.05, 4.69) is 22.6 Å². The largest absolute Gasteiger partial charge is 0.506 e. The molecular weight excluding hydrogens is 370 g/mol. The summed E-state index contributed by atoms with van der Waals surface area (Å²) < 4.78 is 1.66. The van der Waals surface area contributed by atoms with Crippen LogP contribution in [0.2, 0.25) is 0 Å². The molecule has 1 aromatic rings. The van der Waals surface area contributed by atoms with Crippen molar-refractivity contribution in [3.8, 4) is 5.75 Å². The third kappa shape index (κ3) is 1.97. The predicted octanol–water partition coefficient (Wildman–Crippen LogP) is 2.09. The SMILES string of the molecule is OCc1c(I)ccc(I)c1O.